The Hall–Kier alpha value is 0.310. The molecule has 0 aromatic rings. The fraction of sp³-hybridized carbons (Fsp3) is 1.00. The molecule has 0 saturated heterocycles. The van der Waals surface area contributed by atoms with E-state index in [1.807, 2.05) is 25.6 Å². The van der Waals surface area contributed by atoms with E-state index in [2.05, 4.69) is 25.4 Å². The van der Waals surface area contributed by atoms with E-state index in [1.165, 1.54) is 0 Å². The molecule has 0 saturated carbocycles. The molecule has 2 heteroatoms. The van der Waals surface area contributed by atoms with Crippen molar-refractivity contribution in [2.75, 3.05) is 12.8 Å². The zero-order valence-electron chi connectivity index (χ0n) is 7.19. The minimum atomic E-state index is 0.616. The van der Waals surface area contributed by atoms with Gasteiger partial charge in [0.1, 0.15) is 0 Å². The highest BCUT2D eigenvalue weighted by molar-refractivity contribution is 7.99. The van der Waals surface area contributed by atoms with Gasteiger partial charge in [-0.25, -0.2) is 0 Å². The van der Waals surface area contributed by atoms with Gasteiger partial charge in [0.25, 0.3) is 0 Å². The first-order valence-corrected chi connectivity index (χ1v) is 4.86. The van der Waals surface area contributed by atoms with Gasteiger partial charge in [-0.15, -0.1) is 11.8 Å². The van der Waals surface area contributed by atoms with E-state index >= 15 is 0 Å². The second kappa shape index (κ2) is 11.2. The maximum atomic E-state index is 3.26. The van der Waals surface area contributed by atoms with Crippen molar-refractivity contribution in [2.24, 2.45) is 0 Å². The summed E-state index contributed by atoms with van der Waals surface area (Å²) in [6.07, 6.45) is 2.10. The second-order valence-electron chi connectivity index (χ2n) is 1.44. The molecule has 0 heterocycles. The molecule has 9 heavy (non-hydrogen) atoms. The molecule has 1 nitrogen and oxygen atoms in total. The first kappa shape index (κ1) is 12.0. The minimum Gasteiger partial charge on any atom is -0.306 e. The van der Waals surface area contributed by atoms with Crippen molar-refractivity contribution in [1.82, 2.24) is 5.32 Å². The molecule has 0 aromatic carbocycles. The largest absolute Gasteiger partial charge is 0.306 e. The Balaban J connectivity index is 0. The van der Waals surface area contributed by atoms with Gasteiger partial charge in [0.15, 0.2) is 0 Å². The van der Waals surface area contributed by atoms with Crippen LogP contribution in [0.1, 0.15) is 27.7 Å². The van der Waals surface area contributed by atoms with Gasteiger partial charge in [0, 0.05) is 0 Å². The topological polar surface area (TPSA) is 12.0 Å². The fourth-order valence-corrected chi connectivity index (χ4v) is 0.704. The van der Waals surface area contributed by atoms with Gasteiger partial charge in [-0.1, -0.05) is 20.8 Å². The van der Waals surface area contributed by atoms with Crippen molar-refractivity contribution in [3.05, 3.63) is 0 Å². The van der Waals surface area contributed by atoms with E-state index in [9.17, 15) is 0 Å². The molecular formula is C7H19NS. The van der Waals surface area contributed by atoms with Gasteiger partial charge in [-0.3, -0.25) is 0 Å². The average Bonchev–Trinajstić information content (AvgIpc) is 1.93. The van der Waals surface area contributed by atoms with Crippen molar-refractivity contribution in [2.45, 2.75) is 33.1 Å². The summed E-state index contributed by atoms with van der Waals surface area (Å²) in [4.78, 5) is 0. The lowest BCUT2D eigenvalue weighted by molar-refractivity contribution is 0.721. The van der Waals surface area contributed by atoms with Crippen LogP contribution in [0.5, 0.6) is 0 Å². The normalized spacial score (nSPS) is 11.7. The molecule has 0 fully saturated rings. The molecule has 0 bridgehead atoms. The van der Waals surface area contributed by atoms with Crippen molar-refractivity contribution >= 4 is 11.8 Å². The fourth-order valence-electron chi connectivity index (χ4n) is 0.371. The minimum absolute atomic E-state index is 0.616. The smallest absolute Gasteiger partial charge is 0.0500 e. The number of hydrogen-bond donors (Lipinski definition) is 1. The number of rotatable bonds is 3. The molecule has 1 N–H and O–H groups in total. The van der Waals surface area contributed by atoms with Gasteiger partial charge >= 0.3 is 0 Å². The molecule has 58 valence electrons. The van der Waals surface area contributed by atoms with Gasteiger partial charge in [-0.2, -0.15) is 0 Å². The van der Waals surface area contributed by atoms with Gasteiger partial charge in [0.05, 0.1) is 5.37 Å². The third-order valence-corrected chi connectivity index (χ3v) is 1.72. The van der Waals surface area contributed by atoms with Crippen molar-refractivity contribution in [3.63, 3.8) is 0 Å². The van der Waals surface area contributed by atoms with Crippen molar-refractivity contribution < 1.29 is 0 Å². The molecule has 1 unspecified atom stereocenters. The van der Waals surface area contributed by atoms with Gasteiger partial charge in [0.2, 0.25) is 0 Å². The second-order valence-corrected chi connectivity index (χ2v) is 2.61. The number of thioether (sulfide) groups is 1. The first-order chi connectivity index (χ1) is 4.31. The Labute approximate surface area is 63.6 Å². The summed E-state index contributed by atoms with van der Waals surface area (Å²) in [6, 6.07) is 0. The van der Waals surface area contributed by atoms with Crippen LogP contribution < -0.4 is 5.32 Å². The highest BCUT2D eigenvalue weighted by Gasteiger charge is 1.90. The van der Waals surface area contributed by atoms with Crippen LogP contribution in [0.25, 0.3) is 0 Å². The standard InChI is InChI=1S/C5H13NS.C2H6/c1-4-6-5(2)7-3;1-2/h5-6H,4H2,1-3H3;1-2H3. The van der Waals surface area contributed by atoms with Crippen molar-refractivity contribution in [1.29, 1.82) is 0 Å². The van der Waals surface area contributed by atoms with Gasteiger partial charge < -0.3 is 5.32 Å². The molecule has 1 atom stereocenters. The van der Waals surface area contributed by atoms with Crippen LogP contribution in [0.2, 0.25) is 0 Å². The van der Waals surface area contributed by atoms with E-state index in [0.29, 0.717) is 5.37 Å². The monoisotopic (exact) mass is 149 g/mol. The molecule has 0 spiro atoms. The Morgan fingerprint density at radius 1 is 1.44 bits per heavy atom. The lowest BCUT2D eigenvalue weighted by Crippen LogP contribution is -2.21. The Kier molecular flexibility index (Phi) is 14.9. The molecule has 0 rings (SSSR count). The Bertz CT molecular complexity index is 39.9. The van der Waals surface area contributed by atoms with Crippen LogP contribution in [0.15, 0.2) is 0 Å². The summed E-state index contributed by atoms with van der Waals surface area (Å²) in [5, 5.41) is 3.87. The SMILES string of the molecule is CC.CCNC(C)SC. The molecule has 0 radical (unpaired) electrons. The third-order valence-electron chi connectivity index (χ3n) is 0.845. The summed E-state index contributed by atoms with van der Waals surface area (Å²) >= 11 is 1.84. The third kappa shape index (κ3) is 11.7. The maximum Gasteiger partial charge on any atom is 0.0500 e. The van der Waals surface area contributed by atoms with Gasteiger partial charge in [-0.05, 0) is 19.7 Å². The Morgan fingerprint density at radius 3 is 2.00 bits per heavy atom. The molecular weight excluding hydrogens is 130 g/mol. The van der Waals surface area contributed by atoms with E-state index in [0.717, 1.165) is 6.54 Å². The lowest BCUT2D eigenvalue weighted by Gasteiger charge is -2.05. The summed E-state index contributed by atoms with van der Waals surface area (Å²) < 4.78 is 0. The van der Waals surface area contributed by atoms with Crippen LogP contribution in [0, 0.1) is 0 Å². The summed E-state index contributed by atoms with van der Waals surface area (Å²) in [5.41, 5.74) is 0. The van der Waals surface area contributed by atoms with Crippen LogP contribution in [-0.2, 0) is 0 Å². The first-order valence-electron chi connectivity index (χ1n) is 3.57. The number of nitrogens with one attached hydrogen (secondary N) is 1. The van der Waals surface area contributed by atoms with Crippen LogP contribution in [0.4, 0.5) is 0 Å². The van der Waals surface area contributed by atoms with Crippen LogP contribution in [0.3, 0.4) is 0 Å². The van der Waals surface area contributed by atoms with Crippen LogP contribution in [-0.4, -0.2) is 18.2 Å². The van der Waals surface area contributed by atoms with E-state index in [4.69, 9.17) is 0 Å². The zero-order chi connectivity index (χ0) is 7.70. The predicted molar refractivity (Wildman–Crippen MR) is 48.0 cm³/mol. The maximum absolute atomic E-state index is 3.26. The van der Waals surface area contributed by atoms with E-state index < -0.39 is 0 Å². The molecule has 0 aliphatic carbocycles. The summed E-state index contributed by atoms with van der Waals surface area (Å²) in [7, 11) is 0. The predicted octanol–water partition coefficient (Wildman–Crippen LogP) is 2.33. The number of hydrogen-bond acceptors (Lipinski definition) is 2. The van der Waals surface area contributed by atoms with Crippen molar-refractivity contribution in [3.8, 4) is 0 Å². The lowest BCUT2D eigenvalue weighted by atomic mass is 10.7. The molecule has 0 aliphatic rings. The van der Waals surface area contributed by atoms with E-state index in [1.54, 1.807) is 0 Å². The van der Waals surface area contributed by atoms with Crippen LogP contribution >= 0.6 is 11.8 Å². The summed E-state index contributed by atoms with van der Waals surface area (Å²) in [5.74, 6) is 0. The molecule has 0 aromatic heterocycles. The molecule has 0 amide bonds. The quantitative estimate of drug-likeness (QED) is 0.618. The average molecular weight is 149 g/mol. The Morgan fingerprint density at radius 2 is 1.89 bits per heavy atom. The highest BCUT2D eigenvalue weighted by atomic mass is 32.2. The molecule has 0 aliphatic heterocycles. The van der Waals surface area contributed by atoms with E-state index in [-0.39, 0.29) is 0 Å². The highest BCUT2D eigenvalue weighted by Crippen LogP contribution is 1.98. The zero-order valence-corrected chi connectivity index (χ0v) is 8.01. The summed E-state index contributed by atoms with van der Waals surface area (Å²) in [6.45, 7) is 9.35.